The maximum Gasteiger partial charge on any atom is 0.328 e. The van der Waals surface area contributed by atoms with Gasteiger partial charge < -0.3 is 20.4 Å². The molecule has 0 unspecified atom stereocenters. The Balaban J connectivity index is 3.20. The van der Waals surface area contributed by atoms with E-state index >= 15 is 0 Å². The van der Waals surface area contributed by atoms with Crippen molar-refractivity contribution in [3.05, 3.63) is 23.8 Å². The highest BCUT2D eigenvalue weighted by Crippen LogP contribution is 2.50. The number of allylic oxidation sites excluding steroid dienone is 2. The van der Waals surface area contributed by atoms with E-state index in [9.17, 15) is 20.1 Å². The Morgan fingerprint density at radius 3 is 2.30 bits per heavy atom. The van der Waals surface area contributed by atoms with Crippen molar-refractivity contribution in [2.45, 2.75) is 57.8 Å². The van der Waals surface area contributed by atoms with Crippen LogP contribution >= 0.6 is 0 Å². The summed E-state index contributed by atoms with van der Waals surface area (Å²) in [7, 11) is 0. The van der Waals surface area contributed by atoms with E-state index < -0.39 is 28.7 Å². The molecule has 0 bridgehead atoms. The largest absolute Gasteiger partial charge is 0.478 e. The van der Waals surface area contributed by atoms with Crippen LogP contribution in [0.2, 0.25) is 0 Å². The smallest absolute Gasteiger partial charge is 0.328 e. The molecule has 0 spiro atoms. The SMILES string of the molecule is CC(/C=C/[C@@]1(O)C(C)(C)[C@@H](O)CC[C@@]1(C)O)=C\C(=O)O. The molecular weight excluding hydrogens is 260 g/mol. The van der Waals surface area contributed by atoms with Gasteiger partial charge in [-0.2, -0.15) is 0 Å². The molecule has 0 heterocycles. The zero-order valence-corrected chi connectivity index (χ0v) is 12.4. The van der Waals surface area contributed by atoms with Crippen molar-refractivity contribution in [2.75, 3.05) is 0 Å². The lowest BCUT2D eigenvalue weighted by Crippen LogP contribution is -2.66. The molecule has 3 atom stereocenters. The molecule has 0 aromatic carbocycles. The Morgan fingerprint density at radius 1 is 1.25 bits per heavy atom. The maximum absolute atomic E-state index is 10.9. The second-order valence-corrected chi connectivity index (χ2v) is 6.38. The predicted octanol–water partition coefficient (Wildman–Crippen LogP) is 1.24. The highest BCUT2D eigenvalue weighted by atomic mass is 16.4. The third-order valence-corrected chi connectivity index (χ3v) is 4.48. The molecule has 4 N–H and O–H groups in total. The van der Waals surface area contributed by atoms with Gasteiger partial charge in [-0.05, 0) is 38.3 Å². The summed E-state index contributed by atoms with van der Waals surface area (Å²) in [6, 6.07) is 0. The first-order chi connectivity index (χ1) is 8.94. The van der Waals surface area contributed by atoms with Gasteiger partial charge >= 0.3 is 5.97 Å². The summed E-state index contributed by atoms with van der Waals surface area (Å²) in [6.45, 7) is 6.49. The average molecular weight is 284 g/mol. The molecule has 1 aliphatic carbocycles. The van der Waals surface area contributed by atoms with Gasteiger partial charge in [0.05, 0.1) is 11.7 Å². The fraction of sp³-hybridized carbons (Fsp3) is 0.667. The van der Waals surface area contributed by atoms with Crippen molar-refractivity contribution in [3.63, 3.8) is 0 Å². The number of aliphatic hydroxyl groups is 3. The van der Waals surface area contributed by atoms with Crippen molar-refractivity contribution in [1.82, 2.24) is 0 Å². The van der Waals surface area contributed by atoms with E-state index in [1.54, 1.807) is 20.8 Å². The molecule has 0 amide bonds. The predicted molar refractivity (Wildman–Crippen MR) is 75.1 cm³/mol. The first-order valence-corrected chi connectivity index (χ1v) is 6.67. The van der Waals surface area contributed by atoms with E-state index in [1.807, 2.05) is 0 Å². The van der Waals surface area contributed by atoms with Crippen LogP contribution in [0.25, 0.3) is 0 Å². The molecule has 5 heteroatoms. The van der Waals surface area contributed by atoms with Crippen molar-refractivity contribution >= 4 is 5.97 Å². The Hall–Kier alpha value is -1.17. The molecule has 0 aromatic heterocycles. The number of rotatable bonds is 3. The molecule has 0 radical (unpaired) electrons. The number of carboxylic acids is 1. The number of carbonyl (C=O) groups is 1. The fourth-order valence-corrected chi connectivity index (χ4v) is 2.81. The lowest BCUT2D eigenvalue weighted by molar-refractivity contribution is -0.228. The Bertz CT molecular complexity index is 447. The standard InChI is InChI=1S/C15H24O5/c1-10(9-12(17)18)5-8-15(20)13(2,3)11(16)6-7-14(15,4)19/h5,8-9,11,16,19-20H,6-7H2,1-4H3,(H,17,18)/b8-5+,10-9+/t11-,14+,15+/m0/s1. The van der Waals surface area contributed by atoms with E-state index in [2.05, 4.69) is 0 Å². The number of aliphatic hydroxyl groups excluding tert-OH is 1. The van der Waals surface area contributed by atoms with E-state index in [1.165, 1.54) is 19.1 Å². The van der Waals surface area contributed by atoms with Crippen LogP contribution in [0, 0.1) is 5.41 Å². The number of carboxylic acid groups (broad SMARTS) is 1. The molecule has 20 heavy (non-hydrogen) atoms. The lowest BCUT2D eigenvalue weighted by Gasteiger charge is -2.55. The van der Waals surface area contributed by atoms with Crippen molar-refractivity contribution in [1.29, 1.82) is 0 Å². The van der Waals surface area contributed by atoms with Crippen LogP contribution in [-0.4, -0.2) is 43.7 Å². The first kappa shape index (κ1) is 16.9. The summed E-state index contributed by atoms with van der Waals surface area (Å²) in [5.74, 6) is -1.08. The van der Waals surface area contributed by atoms with Crippen LogP contribution in [0.4, 0.5) is 0 Å². The summed E-state index contributed by atoms with van der Waals surface area (Å²) in [4.78, 5) is 10.6. The minimum atomic E-state index is -1.65. The van der Waals surface area contributed by atoms with Crippen molar-refractivity contribution < 1.29 is 25.2 Å². The fourth-order valence-electron chi connectivity index (χ4n) is 2.81. The lowest BCUT2D eigenvalue weighted by atomic mass is 9.57. The summed E-state index contributed by atoms with van der Waals surface area (Å²) in [5, 5.41) is 40.2. The Kier molecular flexibility index (Phi) is 4.49. The molecule has 1 saturated carbocycles. The van der Waals surface area contributed by atoms with Gasteiger partial charge in [-0.15, -0.1) is 0 Å². The highest BCUT2D eigenvalue weighted by Gasteiger charge is 2.59. The molecule has 1 aliphatic rings. The second-order valence-electron chi connectivity index (χ2n) is 6.38. The zero-order valence-electron chi connectivity index (χ0n) is 12.4. The van der Waals surface area contributed by atoms with Crippen molar-refractivity contribution in [3.8, 4) is 0 Å². The molecule has 0 aromatic rings. The summed E-state index contributed by atoms with van der Waals surface area (Å²) >= 11 is 0. The highest BCUT2D eigenvalue weighted by molar-refractivity contribution is 5.81. The maximum atomic E-state index is 10.9. The molecular formula is C15H24O5. The first-order valence-electron chi connectivity index (χ1n) is 6.67. The van der Waals surface area contributed by atoms with Crippen LogP contribution in [0.5, 0.6) is 0 Å². The molecule has 114 valence electrons. The van der Waals surface area contributed by atoms with Crippen LogP contribution in [-0.2, 0) is 4.79 Å². The van der Waals surface area contributed by atoms with Gasteiger partial charge in [-0.1, -0.05) is 19.9 Å². The van der Waals surface area contributed by atoms with Gasteiger partial charge in [-0.3, -0.25) is 0 Å². The monoisotopic (exact) mass is 284 g/mol. The third kappa shape index (κ3) is 2.80. The van der Waals surface area contributed by atoms with E-state index in [4.69, 9.17) is 5.11 Å². The van der Waals surface area contributed by atoms with Gasteiger partial charge in [0.2, 0.25) is 0 Å². The van der Waals surface area contributed by atoms with E-state index in [0.29, 0.717) is 12.0 Å². The molecule has 0 aliphatic heterocycles. The van der Waals surface area contributed by atoms with Crippen LogP contribution in [0.1, 0.15) is 40.5 Å². The topological polar surface area (TPSA) is 98.0 Å². The molecule has 1 fully saturated rings. The Labute approximate surface area is 119 Å². The van der Waals surface area contributed by atoms with Gasteiger partial charge in [0.15, 0.2) is 0 Å². The van der Waals surface area contributed by atoms with Gasteiger partial charge in [-0.25, -0.2) is 4.79 Å². The van der Waals surface area contributed by atoms with Crippen LogP contribution < -0.4 is 0 Å². The van der Waals surface area contributed by atoms with Gasteiger partial charge in [0.1, 0.15) is 5.60 Å². The van der Waals surface area contributed by atoms with Crippen LogP contribution in [0.3, 0.4) is 0 Å². The number of hydrogen-bond acceptors (Lipinski definition) is 4. The average Bonchev–Trinajstić information content (AvgIpc) is 2.30. The normalized spacial score (nSPS) is 38.1. The second kappa shape index (κ2) is 5.31. The molecule has 5 nitrogen and oxygen atoms in total. The molecule has 1 rings (SSSR count). The van der Waals surface area contributed by atoms with E-state index in [0.717, 1.165) is 6.08 Å². The minimum Gasteiger partial charge on any atom is -0.478 e. The quantitative estimate of drug-likeness (QED) is 0.462. The van der Waals surface area contributed by atoms with Gasteiger partial charge in [0, 0.05) is 11.5 Å². The Morgan fingerprint density at radius 2 is 1.80 bits per heavy atom. The van der Waals surface area contributed by atoms with E-state index in [-0.39, 0.29) is 6.42 Å². The number of hydrogen-bond donors (Lipinski definition) is 4. The zero-order chi connectivity index (χ0) is 15.8. The minimum absolute atomic E-state index is 0.264. The summed E-state index contributed by atoms with van der Waals surface area (Å²) in [6.07, 6.45) is 3.79. The van der Waals surface area contributed by atoms with Crippen LogP contribution in [0.15, 0.2) is 23.8 Å². The van der Waals surface area contributed by atoms with Crippen molar-refractivity contribution in [2.24, 2.45) is 5.41 Å². The molecule has 0 saturated heterocycles. The summed E-state index contributed by atoms with van der Waals surface area (Å²) in [5.41, 5.74) is -3.55. The van der Waals surface area contributed by atoms with Gasteiger partial charge in [0.25, 0.3) is 0 Å². The summed E-state index contributed by atoms with van der Waals surface area (Å²) < 4.78 is 0. The third-order valence-electron chi connectivity index (χ3n) is 4.48. The number of aliphatic carboxylic acids is 1.